The number of methoxy groups -OCH3 is 2. The summed E-state index contributed by atoms with van der Waals surface area (Å²) < 4.78 is 22.9. The standard InChI is InChI=1S/C23H32O6/c1-6-28-10-8-22-14(2)13-23(25,29-22)19-12-17(24)16-11-18(27-5)15(7-9-26-4)20(16)21(19,22)3/h13,15-16,18-20,25H,6-7,9,11-12H2,1-5H3/t15-,16+,18-,19-,20+,21-,22-,23+/m0/s1. The maximum absolute atomic E-state index is 13.2. The van der Waals surface area contributed by atoms with Gasteiger partial charge in [-0.15, -0.1) is 0 Å². The van der Waals surface area contributed by atoms with Crippen LogP contribution in [-0.4, -0.2) is 55.8 Å². The Morgan fingerprint density at radius 2 is 2.14 bits per heavy atom. The van der Waals surface area contributed by atoms with Crippen molar-refractivity contribution < 1.29 is 28.8 Å². The summed E-state index contributed by atoms with van der Waals surface area (Å²) in [4.78, 5) is 13.2. The molecule has 2 aliphatic heterocycles. The van der Waals surface area contributed by atoms with Crippen molar-refractivity contribution >= 4 is 5.78 Å². The van der Waals surface area contributed by atoms with Crippen molar-refractivity contribution in [1.29, 1.82) is 0 Å². The van der Waals surface area contributed by atoms with Gasteiger partial charge in [-0.1, -0.05) is 6.92 Å². The molecule has 2 aliphatic carbocycles. The van der Waals surface area contributed by atoms with Crippen molar-refractivity contribution in [2.45, 2.75) is 57.5 Å². The van der Waals surface area contributed by atoms with Crippen LogP contribution in [-0.2, 0) is 23.7 Å². The summed E-state index contributed by atoms with van der Waals surface area (Å²) in [5, 5.41) is 11.4. The van der Waals surface area contributed by atoms with Gasteiger partial charge in [-0.2, -0.15) is 0 Å². The van der Waals surface area contributed by atoms with Crippen LogP contribution >= 0.6 is 0 Å². The molecule has 8 atom stereocenters. The zero-order valence-electron chi connectivity index (χ0n) is 18.0. The lowest BCUT2D eigenvalue weighted by molar-refractivity contribution is -0.172. The lowest BCUT2D eigenvalue weighted by Gasteiger charge is -2.53. The molecule has 1 N–H and O–H groups in total. The summed E-state index contributed by atoms with van der Waals surface area (Å²) in [6.45, 7) is 7.06. The molecular weight excluding hydrogens is 372 g/mol. The number of carbonyl (C=O) groups is 1. The van der Waals surface area contributed by atoms with Gasteiger partial charge in [0.25, 0.3) is 0 Å². The molecular formula is C23H32O6. The average molecular weight is 405 g/mol. The van der Waals surface area contributed by atoms with Gasteiger partial charge in [0.15, 0.2) is 11.4 Å². The summed E-state index contributed by atoms with van der Waals surface area (Å²) in [6.07, 6.45) is 6.33. The number of aliphatic hydroxyl groups is 1. The molecule has 0 aromatic rings. The first-order valence-corrected chi connectivity index (χ1v) is 10.6. The number of ketones is 1. The summed E-state index contributed by atoms with van der Waals surface area (Å²) in [7, 11) is 3.41. The Bertz CT molecular complexity index is 780. The predicted octanol–water partition coefficient (Wildman–Crippen LogP) is 2.30. The lowest BCUT2D eigenvalue weighted by atomic mass is 9.47. The third kappa shape index (κ3) is 2.61. The van der Waals surface area contributed by atoms with Gasteiger partial charge in [0.05, 0.1) is 12.7 Å². The summed E-state index contributed by atoms with van der Waals surface area (Å²) in [6, 6.07) is 0. The van der Waals surface area contributed by atoms with E-state index in [1.807, 2.05) is 13.8 Å². The number of Topliss-reactive ketones (excluding diaryl/α,β-unsaturated/α-hetero) is 1. The van der Waals surface area contributed by atoms with E-state index in [-0.39, 0.29) is 35.6 Å². The minimum atomic E-state index is -1.47. The van der Waals surface area contributed by atoms with Crippen LogP contribution < -0.4 is 0 Å². The Morgan fingerprint density at radius 1 is 1.38 bits per heavy atom. The predicted molar refractivity (Wildman–Crippen MR) is 106 cm³/mol. The fraction of sp³-hybridized carbons (Fsp3) is 0.783. The topological polar surface area (TPSA) is 74.2 Å². The SMILES string of the molecule is CCOC#C[C@]12O[C@](O)(C=C1C)[C@H]1CC(=O)[C@H]3C[C@H](OC)[C@H](CCOC)[C@H]3[C@]12C. The highest BCUT2D eigenvalue weighted by Crippen LogP contribution is 2.72. The molecule has 0 unspecified atom stereocenters. The van der Waals surface area contributed by atoms with Crippen LogP contribution in [0.3, 0.4) is 0 Å². The highest BCUT2D eigenvalue weighted by atomic mass is 16.7. The fourth-order valence-electron chi connectivity index (χ4n) is 6.95. The Balaban J connectivity index is 1.86. The Morgan fingerprint density at radius 3 is 2.79 bits per heavy atom. The number of fused-ring (bicyclic) bond motifs is 7. The number of hydrogen-bond acceptors (Lipinski definition) is 6. The fourth-order valence-corrected chi connectivity index (χ4v) is 6.95. The molecule has 3 fully saturated rings. The Labute approximate surface area is 172 Å². The van der Waals surface area contributed by atoms with E-state index in [4.69, 9.17) is 18.9 Å². The van der Waals surface area contributed by atoms with Crippen molar-refractivity contribution in [2.24, 2.45) is 29.1 Å². The highest BCUT2D eigenvalue weighted by molar-refractivity contribution is 5.84. The van der Waals surface area contributed by atoms with E-state index >= 15 is 0 Å². The Hall–Kier alpha value is -1.39. The second-order valence-electron chi connectivity index (χ2n) is 9.12. The van der Waals surface area contributed by atoms with Gasteiger partial charge in [-0.3, -0.25) is 4.79 Å². The third-order valence-corrected chi connectivity index (χ3v) is 8.05. The molecule has 29 heavy (non-hydrogen) atoms. The van der Waals surface area contributed by atoms with Crippen LogP contribution in [0.25, 0.3) is 0 Å². The number of hydrogen-bond donors (Lipinski definition) is 1. The molecule has 2 saturated carbocycles. The number of rotatable bonds is 5. The van der Waals surface area contributed by atoms with Gasteiger partial charge in [-0.25, -0.2) is 0 Å². The van der Waals surface area contributed by atoms with Crippen LogP contribution in [0.2, 0.25) is 0 Å². The van der Waals surface area contributed by atoms with Gasteiger partial charge in [0.2, 0.25) is 0 Å². The monoisotopic (exact) mass is 404 g/mol. The van der Waals surface area contributed by atoms with Crippen LogP contribution in [0.5, 0.6) is 0 Å². The molecule has 6 nitrogen and oxygen atoms in total. The van der Waals surface area contributed by atoms with E-state index < -0.39 is 16.8 Å². The van der Waals surface area contributed by atoms with E-state index in [2.05, 4.69) is 19.0 Å². The first-order valence-electron chi connectivity index (χ1n) is 10.6. The minimum absolute atomic E-state index is 0.0116. The zero-order valence-corrected chi connectivity index (χ0v) is 18.0. The smallest absolute Gasteiger partial charge is 0.191 e. The van der Waals surface area contributed by atoms with E-state index in [9.17, 15) is 9.90 Å². The van der Waals surface area contributed by atoms with Gasteiger partial charge in [0.1, 0.15) is 11.9 Å². The highest BCUT2D eigenvalue weighted by Gasteiger charge is 2.78. The lowest BCUT2D eigenvalue weighted by Crippen LogP contribution is -2.59. The molecule has 0 aromatic carbocycles. The molecule has 2 bridgehead atoms. The Kier molecular flexibility index (Phi) is 5.10. The van der Waals surface area contributed by atoms with Gasteiger partial charge in [-0.05, 0) is 56.1 Å². The molecule has 160 valence electrons. The molecule has 2 heterocycles. The minimum Gasteiger partial charge on any atom is -0.447 e. The maximum atomic E-state index is 13.2. The van der Waals surface area contributed by atoms with Gasteiger partial charge >= 0.3 is 0 Å². The second kappa shape index (κ2) is 7.09. The van der Waals surface area contributed by atoms with Crippen molar-refractivity contribution in [3.05, 3.63) is 11.6 Å². The molecule has 0 radical (unpaired) electrons. The second-order valence-corrected chi connectivity index (χ2v) is 9.12. The van der Waals surface area contributed by atoms with Crippen LogP contribution in [0.1, 0.15) is 40.0 Å². The van der Waals surface area contributed by atoms with Crippen molar-refractivity contribution in [3.63, 3.8) is 0 Å². The van der Waals surface area contributed by atoms with Crippen molar-refractivity contribution in [2.75, 3.05) is 27.4 Å². The maximum Gasteiger partial charge on any atom is 0.191 e. The quantitative estimate of drug-likeness (QED) is 0.560. The normalized spacial score (nSPS) is 47.3. The molecule has 0 amide bonds. The van der Waals surface area contributed by atoms with E-state index in [0.29, 0.717) is 26.1 Å². The largest absolute Gasteiger partial charge is 0.447 e. The zero-order chi connectivity index (χ0) is 21.0. The third-order valence-electron chi connectivity index (χ3n) is 8.05. The molecule has 0 aromatic heterocycles. The first kappa shape index (κ1) is 20.9. The van der Waals surface area contributed by atoms with E-state index in [1.54, 1.807) is 20.3 Å². The average Bonchev–Trinajstić information content (AvgIpc) is 3.25. The van der Waals surface area contributed by atoms with Crippen molar-refractivity contribution in [1.82, 2.24) is 0 Å². The summed E-state index contributed by atoms with van der Waals surface area (Å²) >= 11 is 0. The van der Waals surface area contributed by atoms with Crippen LogP contribution in [0.4, 0.5) is 0 Å². The molecule has 1 saturated heterocycles. The molecule has 6 heteroatoms. The molecule has 0 spiro atoms. The van der Waals surface area contributed by atoms with E-state index in [0.717, 1.165) is 12.0 Å². The van der Waals surface area contributed by atoms with Crippen LogP contribution in [0, 0.1) is 41.1 Å². The van der Waals surface area contributed by atoms with Crippen molar-refractivity contribution in [3.8, 4) is 12.0 Å². The summed E-state index contributed by atoms with van der Waals surface area (Å²) in [5.74, 6) is 1.61. The van der Waals surface area contributed by atoms with Gasteiger partial charge in [0, 0.05) is 44.5 Å². The molecule has 4 aliphatic rings. The first-order chi connectivity index (χ1) is 13.8. The number of ether oxygens (including phenoxy) is 4. The summed E-state index contributed by atoms with van der Waals surface area (Å²) in [5.41, 5.74) is -0.612. The van der Waals surface area contributed by atoms with Crippen LogP contribution in [0.15, 0.2) is 11.6 Å². The van der Waals surface area contributed by atoms with E-state index in [1.165, 1.54) is 0 Å². The van der Waals surface area contributed by atoms with Gasteiger partial charge < -0.3 is 24.1 Å². The molecule has 4 rings (SSSR count). The number of carbonyl (C=O) groups excluding carboxylic acids is 1.